The maximum Gasteiger partial charge on any atom is 0.170 e. The van der Waals surface area contributed by atoms with Crippen molar-refractivity contribution in [2.45, 2.75) is 10.1 Å². The molecule has 3 heterocycles. The normalized spacial score (nSPS) is 10.8. The van der Waals surface area contributed by atoms with Crippen LogP contribution in [0.3, 0.4) is 0 Å². The van der Waals surface area contributed by atoms with Gasteiger partial charge in [-0.3, -0.25) is 4.98 Å². The molecule has 0 aliphatic carbocycles. The third-order valence-electron chi connectivity index (χ3n) is 2.10. The molecule has 17 heavy (non-hydrogen) atoms. The van der Waals surface area contributed by atoms with Crippen molar-refractivity contribution in [1.82, 2.24) is 24.3 Å². The number of nitrogens with two attached hydrogens (primary N) is 1. The molecule has 0 spiro atoms. The molecule has 3 aromatic heterocycles. The summed E-state index contributed by atoms with van der Waals surface area (Å²) in [7, 11) is 0. The molecule has 7 heteroatoms. The van der Waals surface area contributed by atoms with Crippen molar-refractivity contribution in [3.8, 4) is 0 Å². The first-order valence-corrected chi connectivity index (χ1v) is 5.67. The van der Waals surface area contributed by atoms with Gasteiger partial charge in [-0.1, -0.05) is 0 Å². The molecule has 0 atom stereocenters. The van der Waals surface area contributed by atoms with Gasteiger partial charge in [0.25, 0.3) is 0 Å². The first-order valence-electron chi connectivity index (χ1n) is 4.86. The molecule has 2 N–H and O–H groups in total. The average molecular weight is 244 g/mol. The summed E-state index contributed by atoms with van der Waals surface area (Å²) in [5.74, 6) is 0.446. The summed E-state index contributed by atoms with van der Waals surface area (Å²) in [5.41, 5.74) is 6.49. The minimum absolute atomic E-state index is 0.446. The SMILES string of the molecule is Nc1cn2ccnc2c(Sc2cnccn2)n1. The fraction of sp³-hybridized carbons (Fsp3) is 0. The van der Waals surface area contributed by atoms with E-state index in [4.69, 9.17) is 5.73 Å². The molecule has 3 aromatic rings. The van der Waals surface area contributed by atoms with E-state index in [0.29, 0.717) is 5.82 Å². The molecule has 6 nitrogen and oxygen atoms in total. The van der Waals surface area contributed by atoms with Gasteiger partial charge in [-0.25, -0.2) is 15.0 Å². The molecule has 3 rings (SSSR count). The van der Waals surface area contributed by atoms with Gasteiger partial charge in [0.05, 0.1) is 12.4 Å². The van der Waals surface area contributed by atoms with Crippen LogP contribution in [0.5, 0.6) is 0 Å². The number of nitrogens with zero attached hydrogens (tertiary/aromatic N) is 5. The lowest BCUT2D eigenvalue weighted by molar-refractivity contribution is 1.02. The maximum atomic E-state index is 5.73. The summed E-state index contributed by atoms with van der Waals surface area (Å²) in [4.78, 5) is 16.7. The molecule has 0 bridgehead atoms. The fourth-order valence-electron chi connectivity index (χ4n) is 1.43. The van der Waals surface area contributed by atoms with Gasteiger partial charge in [-0.15, -0.1) is 0 Å². The zero-order valence-electron chi connectivity index (χ0n) is 8.69. The van der Waals surface area contributed by atoms with Gasteiger partial charge in [-0.05, 0) is 11.8 Å². The first kappa shape index (κ1) is 10.0. The largest absolute Gasteiger partial charge is 0.382 e. The van der Waals surface area contributed by atoms with Crippen LogP contribution in [-0.2, 0) is 0 Å². The Kier molecular flexibility index (Phi) is 2.37. The summed E-state index contributed by atoms with van der Waals surface area (Å²) in [6.45, 7) is 0. The lowest BCUT2D eigenvalue weighted by Gasteiger charge is -2.03. The Morgan fingerprint density at radius 1 is 1.18 bits per heavy atom. The van der Waals surface area contributed by atoms with E-state index in [0.717, 1.165) is 15.7 Å². The summed E-state index contributed by atoms with van der Waals surface area (Å²) in [6.07, 6.45) is 10.2. The van der Waals surface area contributed by atoms with Crippen LogP contribution in [-0.4, -0.2) is 24.3 Å². The van der Waals surface area contributed by atoms with Crippen LogP contribution in [0.1, 0.15) is 0 Å². The number of hydrogen-bond donors (Lipinski definition) is 1. The van der Waals surface area contributed by atoms with Crippen LogP contribution in [0.25, 0.3) is 5.65 Å². The Bertz CT molecular complexity index is 650. The van der Waals surface area contributed by atoms with Crippen LogP contribution in [0, 0.1) is 0 Å². The van der Waals surface area contributed by atoms with Crippen LogP contribution in [0.15, 0.2) is 47.2 Å². The summed E-state index contributed by atoms with van der Waals surface area (Å²) in [5, 5.41) is 1.48. The number of anilines is 1. The highest BCUT2D eigenvalue weighted by Gasteiger charge is 2.08. The molecule has 84 valence electrons. The average Bonchev–Trinajstić information content (AvgIpc) is 2.78. The van der Waals surface area contributed by atoms with Gasteiger partial charge >= 0.3 is 0 Å². The lowest BCUT2D eigenvalue weighted by atomic mass is 10.6. The second kappa shape index (κ2) is 4.02. The zero-order chi connectivity index (χ0) is 11.7. The summed E-state index contributed by atoms with van der Waals surface area (Å²) < 4.78 is 1.83. The number of rotatable bonds is 2. The number of fused-ring (bicyclic) bond motifs is 1. The van der Waals surface area contributed by atoms with Gasteiger partial charge in [0.15, 0.2) is 5.65 Å². The van der Waals surface area contributed by atoms with Gasteiger partial charge in [0.1, 0.15) is 15.9 Å². The van der Waals surface area contributed by atoms with Crippen molar-refractivity contribution in [2.75, 3.05) is 5.73 Å². The van der Waals surface area contributed by atoms with Crippen molar-refractivity contribution in [3.63, 3.8) is 0 Å². The van der Waals surface area contributed by atoms with Crippen molar-refractivity contribution >= 4 is 23.2 Å². The van der Waals surface area contributed by atoms with Gasteiger partial charge < -0.3 is 10.1 Å². The van der Waals surface area contributed by atoms with E-state index in [1.165, 1.54) is 11.8 Å². The molecule has 0 radical (unpaired) electrons. The van der Waals surface area contributed by atoms with E-state index in [-0.39, 0.29) is 0 Å². The Morgan fingerprint density at radius 3 is 2.94 bits per heavy atom. The quantitative estimate of drug-likeness (QED) is 0.730. The molecule has 0 fully saturated rings. The number of aromatic nitrogens is 5. The second-order valence-electron chi connectivity index (χ2n) is 3.27. The molecule has 0 aliphatic heterocycles. The predicted molar refractivity (Wildman–Crippen MR) is 63.6 cm³/mol. The van der Waals surface area contributed by atoms with Crippen LogP contribution in [0.2, 0.25) is 0 Å². The number of imidazole rings is 1. The second-order valence-corrected chi connectivity index (χ2v) is 4.28. The van der Waals surface area contributed by atoms with E-state index in [2.05, 4.69) is 19.9 Å². The topological polar surface area (TPSA) is 82.0 Å². The van der Waals surface area contributed by atoms with E-state index < -0.39 is 0 Å². The summed E-state index contributed by atoms with van der Waals surface area (Å²) in [6, 6.07) is 0. The van der Waals surface area contributed by atoms with E-state index in [9.17, 15) is 0 Å². The predicted octanol–water partition coefficient (Wildman–Crippen LogP) is 1.25. The van der Waals surface area contributed by atoms with E-state index in [1.54, 1.807) is 31.0 Å². The van der Waals surface area contributed by atoms with Crippen LogP contribution in [0.4, 0.5) is 5.82 Å². The molecule has 0 aromatic carbocycles. The molecule has 0 aliphatic rings. The van der Waals surface area contributed by atoms with Crippen molar-refractivity contribution < 1.29 is 0 Å². The van der Waals surface area contributed by atoms with Gasteiger partial charge in [0, 0.05) is 24.8 Å². The molecule has 0 unspecified atom stereocenters. The Balaban J connectivity index is 2.08. The lowest BCUT2D eigenvalue weighted by Crippen LogP contribution is -1.97. The molecule has 0 saturated carbocycles. The highest BCUT2D eigenvalue weighted by Crippen LogP contribution is 2.27. The Morgan fingerprint density at radius 2 is 2.12 bits per heavy atom. The van der Waals surface area contributed by atoms with Crippen molar-refractivity contribution in [3.05, 3.63) is 37.2 Å². The Hall–Kier alpha value is -2.15. The highest BCUT2D eigenvalue weighted by molar-refractivity contribution is 7.99. The highest BCUT2D eigenvalue weighted by atomic mass is 32.2. The van der Waals surface area contributed by atoms with Crippen LogP contribution >= 0.6 is 11.8 Å². The summed E-state index contributed by atoms with van der Waals surface area (Å²) >= 11 is 1.39. The minimum atomic E-state index is 0.446. The van der Waals surface area contributed by atoms with Crippen LogP contribution < -0.4 is 5.73 Å². The first-order chi connectivity index (χ1) is 8.33. The van der Waals surface area contributed by atoms with Gasteiger partial charge in [-0.2, -0.15) is 0 Å². The molecule has 0 amide bonds. The number of hydrogen-bond acceptors (Lipinski definition) is 6. The standard InChI is InChI=1S/C10H8N6S/c11-7-6-16-4-3-14-9(16)10(15-7)17-8-5-12-1-2-13-8/h1-6H,11H2. The monoisotopic (exact) mass is 244 g/mol. The number of nitrogen functional groups attached to an aromatic ring is 1. The Labute approximate surface area is 101 Å². The third kappa shape index (κ3) is 1.92. The minimum Gasteiger partial charge on any atom is -0.382 e. The maximum absolute atomic E-state index is 5.73. The fourth-order valence-corrected chi connectivity index (χ4v) is 2.25. The molecule has 0 saturated heterocycles. The smallest absolute Gasteiger partial charge is 0.170 e. The van der Waals surface area contributed by atoms with E-state index >= 15 is 0 Å². The molecular weight excluding hydrogens is 236 g/mol. The van der Waals surface area contributed by atoms with E-state index in [1.807, 2.05) is 10.6 Å². The third-order valence-corrected chi connectivity index (χ3v) is 2.99. The molecular formula is C10H8N6S. The van der Waals surface area contributed by atoms with Gasteiger partial charge in [0.2, 0.25) is 0 Å². The van der Waals surface area contributed by atoms with Crippen molar-refractivity contribution in [2.24, 2.45) is 0 Å². The zero-order valence-corrected chi connectivity index (χ0v) is 9.50. The van der Waals surface area contributed by atoms with Crippen molar-refractivity contribution in [1.29, 1.82) is 0 Å².